The van der Waals surface area contributed by atoms with Gasteiger partial charge in [0.15, 0.2) is 9.84 Å². The lowest BCUT2D eigenvalue weighted by atomic mass is 10.0. The van der Waals surface area contributed by atoms with Gasteiger partial charge in [0, 0.05) is 36.8 Å². The molecular formula is C25H24N4O3S. The molecule has 1 N–H and O–H groups in total. The molecule has 0 radical (unpaired) electrons. The van der Waals surface area contributed by atoms with Gasteiger partial charge in [-0.1, -0.05) is 24.3 Å². The van der Waals surface area contributed by atoms with Crippen molar-refractivity contribution in [3.8, 4) is 22.4 Å². The Morgan fingerprint density at radius 2 is 1.76 bits per heavy atom. The van der Waals surface area contributed by atoms with Gasteiger partial charge in [-0.25, -0.2) is 13.4 Å². The summed E-state index contributed by atoms with van der Waals surface area (Å²) >= 11 is 0. The van der Waals surface area contributed by atoms with Crippen LogP contribution in [-0.4, -0.2) is 35.1 Å². The maximum Gasteiger partial charge on any atom is 0.251 e. The van der Waals surface area contributed by atoms with E-state index < -0.39 is 9.84 Å². The number of aromatic nitrogens is 3. The molecule has 168 valence electrons. The highest BCUT2D eigenvalue weighted by Crippen LogP contribution is 2.25. The highest BCUT2D eigenvalue weighted by atomic mass is 32.2. The van der Waals surface area contributed by atoms with Crippen LogP contribution in [0.15, 0.2) is 78.2 Å². The van der Waals surface area contributed by atoms with Gasteiger partial charge in [0.2, 0.25) is 0 Å². The predicted molar refractivity (Wildman–Crippen MR) is 127 cm³/mol. The van der Waals surface area contributed by atoms with Crippen LogP contribution in [-0.2, 0) is 23.4 Å². The number of aryl methyl sites for hydroxylation is 2. The van der Waals surface area contributed by atoms with Crippen molar-refractivity contribution in [2.75, 3.05) is 6.26 Å². The molecule has 7 nitrogen and oxygen atoms in total. The maximum absolute atomic E-state index is 12.6. The van der Waals surface area contributed by atoms with Crippen LogP contribution in [0, 0.1) is 6.92 Å². The van der Waals surface area contributed by atoms with Gasteiger partial charge in [0.25, 0.3) is 5.91 Å². The fourth-order valence-electron chi connectivity index (χ4n) is 3.59. The summed E-state index contributed by atoms with van der Waals surface area (Å²) in [6.07, 6.45) is 6.57. The maximum atomic E-state index is 12.6. The van der Waals surface area contributed by atoms with E-state index in [9.17, 15) is 13.2 Å². The molecule has 2 heterocycles. The summed E-state index contributed by atoms with van der Waals surface area (Å²) in [4.78, 5) is 21.5. The summed E-state index contributed by atoms with van der Waals surface area (Å²) in [7, 11) is -1.48. The molecule has 33 heavy (non-hydrogen) atoms. The van der Waals surface area contributed by atoms with Crippen LogP contribution in [0.2, 0.25) is 0 Å². The van der Waals surface area contributed by atoms with Crippen molar-refractivity contribution < 1.29 is 13.2 Å². The minimum Gasteiger partial charge on any atom is -0.346 e. The van der Waals surface area contributed by atoms with Crippen LogP contribution in [0.1, 0.15) is 21.6 Å². The number of nitrogens with zero attached hydrogens (tertiary/aromatic N) is 3. The van der Waals surface area contributed by atoms with E-state index in [4.69, 9.17) is 0 Å². The molecule has 0 aliphatic carbocycles. The highest BCUT2D eigenvalue weighted by Gasteiger charge is 2.15. The topological polar surface area (TPSA) is 93.9 Å². The quantitative estimate of drug-likeness (QED) is 0.472. The number of hydrogen-bond acceptors (Lipinski definition) is 5. The zero-order valence-corrected chi connectivity index (χ0v) is 19.4. The van der Waals surface area contributed by atoms with E-state index in [1.54, 1.807) is 31.6 Å². The van der Waals surface area contributed by atoms with E-state index in [0.717, 1.165) is 28.6 Å². The van der Waals surface area contributed by atoms with Crippen molar-refractivity contribution >= 4 is 15.7 Å². The zero-order valence-electron chi connectivity index (χ0n) is 18.6. The number of rotatable bonds is 6. The standard InChI is InChI=1S/C25H24N4O3S/c1-17-7-8-21(13-24(17)33(3,31)32)25(30)27-14-22-12-19(9-10-26-22)18-5-4-6-20(11-18)23-15-29(2)16-28-23/h4-13,15-16H,14H2,1-3H3,(H,27,30). The lowest BCUT2D eigenvalue weighted by molar-refractivity contribution is 0.0950. The minimum absolute atomic E-state index is 0.156. The molecule has 0 atom stereocenters. The number of carbonyl (C=O) groups is 1. The van der Waals surface area contributed by atoms with Crippen molar-refractivity contribution in [1.82, 2.24) is 19.9 Å². The van der Waals surface area contributed by atoms with E-state index in [2.05, 4.69) is 21.4 Å². The third-order valence-corrected chi connectivity index (χ3v) is 6.53. The first-order valence-corrected chi connectivity index (χ1v) is 12.2. The number of carbonyl (C=O) groups excluding carboxylic acids is 1. The third-order valence-electron chi connectivity index (χ3n) is 5.29. The van der Waals surface area contributed by atoms with Gasteiger partial charge in [-0.3, -0.25) is 9.78 Å². The summed E-state index contributed by atoms with van der Waals surface area (Å²) in [5.41, 5.74) is 5.50. The monoisotopic (exact) mass is 460 g/mol. The molecule has 0 saturated heterocycles. The van der Waals surface area contributed by atoms with Gasteiger partial charge in [-0.15, -0.1) is 0 Å². The molecule has 0 unspecified atom stereocenters. The molecule has 0 bridgehead atoms. The minimum atomic E-state index is -3.41. The van der Waals surface area contributed by atoms with Crippen LogP contribution in [0.4, 0.5) is 0 Å². The smallest absolute Gasteiger partial charge is 0.251 e. The van der Waals surface area contributed by atoms with Gasteiger partial charge in [-0.2, -0.15) is 0 Å². The Labute approximate surface area is 193 Å². The lowest BCUT2D eigenvalue weighted by Gasteiger charge is -2.10. The van der Waals surface area contributed by atoms with Gasteiger partial charge >= 0.3 is 0 Å². The average molecular weight is 461 g/mol. The molecule has 8 heteroatoms. The molecule has 4 aromatic rings. The Bertz CT molecular complexity index is 1440. The molecule has 1 amide bonds. The molecule has 2 aromatic heterocycles. The van der Waals surface area contributed by atoms with Crippen LogP contribution in [0.3, 0.4) is 0 Å². The van der Waals surface area contributed by atoms with Gasteiger partial charge < -0.3 is 9.88 Å². The summed E-state index contributed by atoms with van der Waals surface area (Å²) in [6.45, 7) is 1.92. The van der Waals surface area contributed by atoms with Crippen molar-refractivity contribution in [1.29, 1.82) is 0 Å². The first-order chi connectivity index (χ1) is 15.7. The Morgan fingerprint density at radius 3 is 2.48 bits per heavy atom. The Hall–Kier alpha value is -3.78. The Balaban J connectivity index is 1.51. The van der Waals surface area contributed by atoms with Crippen molar-refractivity contribution in [3.05, 3.63) is 90.1 Å². The normalized spacial score (nSPS) is 11.4. The van der Waals surface area contributed by atoms with Crippen molar-refractivity contribution in [3.63, 3.8) is 0 Å². The number of nitrogens with one attached hydrogen (secondary N) is 1. The Kier molecular flexibility index (Phi) is 6.11. The summed E-state index contributed by atoms with van der Waals surface area (Å²) in [5.74, 6) is -0.357. The van der Waals surface area contributed by atoms with Crippen LogP contribution >= 0.6 is 0 Å². The summed E-state index contributed by atoms with van der Waals surface area (Å²) in [6, 6.07) is 16.6. The van der Waals surface area contributed by atoms with E-state index in [-0.39, 0.29) is 17.3 Å². The van der Waals surface area contributed by atoms with E-state index in [0.29, 0.717) is 16.8 Å². The first-order valence-electron chi connectivity index (χ1n) is 10.3. The Morgan fingerprint density at radius 1 is 1.00 bits per heavy atom. The summed E-state index contributed by atoms with van der Waals surface area (Å²) in [5, 5.41) is 2.82. The molecular weight excluding hydrogens is 436 g/mol. The number of sulfone groups is 1. The summed E-state index contributed by atoms with van der Waals surface area (Å²) < 4.78 is 25.8. The van der Waals surface area contributed by atoms with Crippen LogP contribution < -0.4 is 5.32 Å². The van der Waals surface area contributed by atoms with E-state index >= 15 is 0 Å². The number of imidazole rings is 1. The number of amides is 1. The molecule has 2 aromatic carbocycles. The number of hydrogen-bond donors (Lipinski definition) is 1. The second kappa shape index (κ2) is 8.99. The molecule has 0 aliphatic rings. The zero-order chi connectivity index (χ0) is 23.6. The predicted octanol–water partition coefficient (Wildman–Crippen LogP) is 3.79. The molecule has 0 saturated carbocycles. The molecule has 0 aliphatic heterocycles. The number of pyridine rings is 1. The van der Waals surface area contributed by atoms with Crippen LogP contribution in [0.25, 0.3) is 22.4 Å². The second-order valence-electron chi connectivity index (χ2n) is 7.98. The van der Waals surface area contributed by atoms with Gasteiger partial charge in [0.05, 0.1) is 29.2 Å². The fraction of sp³-hybridized carbons (Fsp3) is 0.160. The fourth-order valence-corrected chi connectivity index (χ4v) is 4.58. The van der Waals surface area contributed by atoms with Crippen molar-refractivity contribution in [2.45, 2.75) is 18.4 Å². The number of benzene rings is 2. The SMILES string of the molecule is Cc1ccc(C(=O)NCc2cc(-c3cccc(-c4cn(C)cn4)c3)ccn2)cc1S(C)(=O)=O. The molecule has 4 rings (SSSR count). The third kappa shape index (κ3) is 5.18. The van der Waals surface area contributed by atoms with Crippen molar-refractivity contribution in [2.24, 2.45) is 7.05 Å². The van der Waals surface area contributed by atoms with Gasteiger partial charge in [0.1, 0.15) is 0 Å². The lowest BCUT2D eigenvalue weighted by Crippen LogP contribution is -2.23. The largest absolute Gasteiger partial charge is 0.346 e. The highest BCUT2D eigenvalue weighted by molar-refractivity contribution is 7.90. The average Bonchev–Trinajstić information content (AvgIpc) is 3.23. The van der Waals surface area contributed by atoms with Crippen LogP contribution in [0.5, 0.6) is 0 Å². The second-order valence-corrected chi connectivity index (χ2v) is 9.96. The van der Waals surface area contributed by atoms with E-state index in [1.165, 1.54) is 6.07 Å². The first kappa shape index (κ1) is 22.4. The molecule has 0 spiro atoms. The van der Waals surface area contributed by atoms with Gasteiger partial charge in [-0.05, 0) is 53.9 Å². The molecule has 0 fully saturated rings. The van der Waals surface area contributed by atoms with E-state index in [1.807, 2.05) is 48.1 Å².